The summed E-state index contributed by atoms with van der Waals surface area (Å²) < 4.78 is 9.74. The van der Waals surface area contributed by atoms with Gasteiger partial charge >= 0.3 is 12.1 Å². The Morgan fingerprint density at radius 1 is 1.12 bits per heavy atom. The van der Waals surface area contributed by atoms with Crippen LogP contribution in [-0.2, 0) is 19.1 Å². The number of benzene rings is 1. The Bertz CT molecular complexity index is 1060. The molecule has 0 saturated carbocycles. The lowest BCUT2D eigenvalue weighted by Gasteiger charge is -2.19. The van der Waals surface area contributed by atoms with Gasteiger partial charge in [0.05, 0.1) is 12.8 Å². The number of rotatable bonds is 7. The molecule has 2 rings (SSSR count). The minimum Gasteiger partial charge on any atom is -0.467 e. The zero-order valence-corrected chi connectivity index (χ0v) is 19.8. The van der Waals surface area contributed by atoms with E-state index in [0.29, 0.717) is 10.7 Å². The summed E-state index contributed by atoms with van der Waals surface area (Å²) in [6.07, 6.45) is -0.561. The third-order valence-corrected chi connectivity index (χ3v) is 4.85. The first kappa shape index (κ1) is 25.5. The highest BCUT2D eigenvalue weighted by atomic mass is 32.1. The Labute approximate surface area is 195 Å². The molecular weight excluding hydrogens is 448 g/mol. The third-order valence-electron chi connectivity index (χ3n) is 3.95. The SMILES string of the molecule is C=C(NC(=O)c1csc(-c2ccc(NC(=O)OC(C)(C)C)cc2)n1)C(=O)N[C@@H](C)C(=O)OC. The van der Waals surface area contributed by atoms with Crippen molar-refractivity contribution >= 4 is 40.9 Å². The second-order valence-corrected chi connectivity index (χ2v) is 8.75. The average Bonchev–Trinajstić information content (AvgIpc) is 3.22. The van der Waals surface area contributed by atoms with Gasteiger partial charge in [0.15, 0.2) is 0 Å². The Kier molecular flexibility index (Phi) is 8.30. The smallest absolute Gasteiger partial charge is 0.412 e. The first-order valence-corrected chi connectivity index (χ1v) is 10.7. The first-order valence-electron chi connectivity index (χ1n) is 9.84. The van der Waals surface area contributed by atoms with Crippen molar-refractivity contribution in [1.82, 2.24) is 15.6 Å². The highest BCUT2D eigenvalue weighted by molar-refractivity contribution is 7.13. The number of aromatic nitrogens is 1. The summed E-state index contributed by atoms with van der Waals surface area (Å²) in [4.78, 5) is 52.0. The van der Waals surface area contributed by atoms with Gasteiger partial charge in [-0.2, -0.15) is 0 Å². The number of methoxy groups -OCH3 is 1. The summed E-state index contributed by atoms with van der Waals surface area (Å²) in [6, 6.07) is 5.97. The fourth-order valence-corrected chi connectivity index (χ4v) is 3.21. The predicted molar refractivity (Wildman–Crippen MR) is 124 cm³/mol. The topological polar surface area (TPSA) is 136 Å². The number of nitrogens with one attached hydrogen (secondary N) is 3. The molecule has 0 saturated heterocycles. The van der Waals surface area contributed by atoms with Crippen molar-refractivity contribution in [2.45, 2.75) is 39.3 Å². The molecule has 0 bridgehead atoms. The first-order chi connectivity index (χ1) is 15.4. The largest absolute Gasteiger partial charge is 0.467 e. The molecule has 0 aliphatic carbocycles. The third kappa shape index (κ3) is 7.72. The van der Waals surface area contributed by atoms with Crippen LogP contribution in [0.15, 0.2) is 41.9 Å². The van der Waals surface area contributed by atoms with Crippen LogP contribution in [0.1, 0.15) is 38.2 Å². The van der Waals surface area contributed by atoms with Crippen LogP contribution in [-0.4, -0.2) is 47.6 Å². The number of nitrogens with zero attached hydrogens (tertiary/aromatic N) is 1. The maximum absolute atomic E-state index is 12.4. The molecule has 33 heavy (non-hydrogen) atoms. The molecule has 11 heteroatoms. The molecule has 176 valence electrons. The minimum absolute atomic E-state index is 0.0981. The zero-order chi connectivity index (χ0) is 24.8. The van der Waals surface area contributed by atoms with Gasteiger partial charge in [0, 0.05) is 16.6 Å². The molecule has 1 atom stereocenters. The van der Waals surface area contributed by atoms with E-state index in [-0.39, 0.29) is 11.4 Å². The highest BCUT2D eigenvalue weighted by Crippen LogP contribution is 2.25. The van der Waals surface area contributed by atoms with Crippen LogP contribution in [0.4, 0.5) is 10.5 Å². The molecule has 3 N–H and O–H groups in total. The molecule has 1 aromatic carbocycles. The predicted octanol–water partition coefficient (Wildman–Crippen LogP) is 3.08. The van der Waals surface area contributed by atoms with Crippen molar-refractivity contribution < 1.29 is 28.7 Å². The van der Waals surface area contributed by atoms with E-state index >= 15 is 0 Å². The molecular formula is C22H26N4O6S. The summed E-state index contributed by atoms with van der Waals surface area (Å²) in [6.45, 7) is 10.3. The van der Waals surface area contributed by atoms with Crippen molar-refractivity contribution in [1.29, 1.82) is 0 Å². The van der Waals surface area contributed by atoms with Gasteiger partial charge in [-0.3, -0.25) is 14.9 Å². The fraction of sp³-hybridized carbons (Fsp3) is 0.318. The lowest BCUT2D eigenvalue weighted by molar-refractivity contribution is -0.144. The standard InChI is InChI=1S/C22H26N4O6S/c1-12(17(27)24-13(2)20(29)31-6)23-18(28)16-11-33-19(26-16)14-7-9-15(10-8-14)25-21(30)32-22(3,4)5/h7-11,13H,1H2,2-6H3,(H,23,28)(H,24,27)(H,25,30)/t13-/m0/s1. The van der Waals surface area contributed by atoms with Gasteiger partial charge in [-0.15, -0.1) is 11.3 Å². The Balaban J connectivity index is 1.97. The Hall–Kier alpha value is -3.73. The summed E-state index contributed by atoms with van der Waals surface area (Å²) in [5.74, 6) is -1.96. The van der Waals surface area contributed by atoms with Gasteiger partial charge in [-0.1, -0.05) is 6.58 Å². The van der Waals surface area contributed by atoms with E-state index < -0.39 is 35.5 Å². The Morgan fingerprint density at radius 3 is 2.33 bits per heavy atom. The van der Waals surface area contributed by atoms with Crippen LogP contribution in [0.25, 0.3) is 10.6 Å². The van der Waals surface area contributed by atoms with E-state index in [0.717, 1.165) is 5.56 Å². The average molecular weight is 475 g/mol. The second-order valence-electron chi connectivity index (χ2n) is 7.89. The van der Waals surface area contributed by atoms with E-state index in [1.165, 1.54) is 25.4 Å². The number of carbonyl (C=O) groups excluding carboxylic acids is 4. The molecule has 0 spiro atoms. The molecule has 0 aliphatic rings. The number of esters is 1. The normalized spacial score (nSPS) is 11.7. The number of anilines is 1. The summed E-state index contributed by atoms with van der Waals surface area (Å²) >= 11 is 1.24. The van der Waals surface area contributed by atoms with Crippen molar-refractivity contribution in [3.63, 3.8) is 0 Å². The minimum atomic E-state index is -0.894. The number of thiazole rings is 1. The van der Waals surface area contributed by atoms with Gasteiger partial charge in [-0.05, 0) is 52.0 Å². The van der Waals surface area contributed by atoms with Crippen LogP contribution < -0.4 is 16.0 Å². The second kappa shape index (κ2) is 10.7. The van der Waals surface area contributed by atoms with E-state index in [1.807, 2.05) is 0 Å². The maximum atomic E-state index is 12.4. The van der Waals surface area contributed by atoms with Gasteiger partial charge in [0.1, 0.15) is 22.3 Å². The molecule has 3 amide bonds. The van der Waals surface area contributed by atoms with Gasteiger partial charge in [0.25, 0.3) is 11.8 Å². The molecule has 0 unspecified atom stereocenters. The number of hydrogen-bond acceptors (Lipinski definition) is 8. The molecule has 1 aromatic heterocycles. The van der Waals surface area contributed by atoms with Crippen LogP contribution >= 0.6 is 11.3 Å². The molecule has 0 radical (unpaired) electrons. The molecule has 1 heterocycles. The molecule has 10 nitrogen and oxygen atoms in total. The molecule has 0 fully saturated rings. The van der Waals surface area contributed by atoms with Crippen molar-refractivity contribution in [3.8, 4) is 10.6 Å². The van der Waals surface area contributed by atoms with E-state index in [9.17, 15) is 19.2 Å². The highest BCUT2D eigenvalue weighted by Gasteiger charge is 2.20. The van der Waals surface area contributed by atoms with Crippen molar-refractivity contribution in [2.24, 2.45) is 0 Å². The quantitative estimate of drug-likeness (QED) is 0.414. The van der Waals surface area contributed by atoms with E-state index in [4.69, 9.17) is 4.74 Å². The van der Waals surface area contributed by atoms with Crippen molar-refractivity contribution in [3.05, 3.63) is 47.6 Å². The van der Waals surface area contributed by atoms with E-state index in [1.54, 1.807) is 50.4 Å². The summed E-state index contributed by atoms with van der Waals surface area (Å²) in [7, 11) is 1.20. The van der Waals surface area contributed by atoms with Crippen LogP contribution in [0, 0.1) is 0 Å². The van der Waals surface area contributed by atoms with Gasteiger partial charge in [-0.25, -0.2) is 14.6 Å². The van der Waals surface area contributed by atoms with Crippen LogP contribution in [0.3, 0.4) is 0 Å². The lowest BCUT2D eigenvalue weighted by Crippen LogP contribution is -2.42. The van der Waals surface area contributed by atoms with Crippen LogP contribution in [0.2, 0.25) is 0 Å². The lowest BCUT2D eigenvalue weighted by atomic mass is 10.2. The number of amides is 3. The fourth-order valence-electron chi connectivity index (χ4n) is 2.41. The van der Waals surface area contributed by atoms with Crippen molar-refractivity contribution in [2.75, 3.05) is 12.4 Å². The number of hydrogen-bond donors (Lipinski definition) is 3. The van der Waals surface area contributed by atoms with Gasteiger partial charge in [0.2, 0.25) is 0 Å². The summed E-state index contributed by atoms with van der Waals surface area (Å²) in [5.41, 5.74) is 0.542. The molecule has 2 aromatic rings. The number of carbonyl (C=O) groups is 4. The molecule has 0 aliphatic heterocycles. The van der Waals surface area contributed by atoms with Gasteiger partial charge < -0.3 is 20.1 Å². The zero-order valence-electron chi connectivity index (χ0n) is 19.0. The summed E-state index contributed by atoms with van der Waals surface area (Å²) in [5, 5.41) is 9.47. The maximum Gasteiger partial charge on any atom is 0.412 e. The van der Waals surface area contributed by atoms with Crippen LogP contribution in [0.5, 0.6) is 0 Å². The monoisotopic (exact) mass is 474 g/mol. The Morgan fingerprint density at radius 2 is 1.76 bits per heavy atom. The number of ether oxygens (including phenoxy) is 2. The van der Waals surface area contributed by atoms with E-state index in [2.05, 4.69) is 32.3 Å².